The molecule has 1 atom stereocenters. The predicted octanol–water partition coefficient (Wildman–Crippen LogP) is 8.39. The fourth-order valence-electron chi connectivity index (χ4n) is 8.20. The molecule has 1 saturated heterocycles. The topological polar surface area (TPSA) is 133 Å². The Hall–Kier alpha value is -6.09. The van der Waals surface area contributed by atoms with Crippen molar-refractivity contribution in [1.82, 2.24) is 19.7 Å². The maximum atomic E-state index is 13.7. The Kier molecular flexibility index (Phi) is 17.4. The second kappa shape index (κ2) is 23.8. The van der Waals surface area contributed by atoms with E-state index in [1.165, 1.54) is 23.6 Å². The number of halogens is 4. The molecule has 68 heavy (non-hydrogen) atoms. The van der Waals surface area contributed by atoms with E-state index in [9.17, 15) is 22.8 Å². The number of hydrogen-bond acceptors (Lipinski definition) is 9. The van der Waals surface area contributed by atoms with Gasteiger partial charge in [-0.05, 0) is 95.3 Å². The largest absolute Gasteiger partial charge is 0.495 e. The number of aryl methyl sites for hydroxylation is 1. The van der Waals surface area contributed by atoms with E-state index in [4.69, 9.17) is 24.7 Å². The van der Waals surface area contributed by atoms with Gasteiger partial charge in [-0.1, -0.05) is 76.4 Å². The number of methoxy groups -OCH3 is 1. The molecule has 1 fully saturated rings. The molecule has 0 aliphatic carbocycles. The minimum Gasteiger partial charge on any atom is -0.495 e. The van der Waals surface area contributed by atoms with Gasteiger partial charge in [-0.15, -0.1) is 0 Å². The van der Waals surface area contributed by atoms with Crippen LogP contribution in [0.5, 0.6) is 5.75 Å². The molecule has 16 heteroatoms. The van der Waals surface area contributed by atoms with Gasteiger partial charge in [0.15, 0.2) is 0 Å². The van der Waals surface area contributed by atoms with Gasteiger partial charge in [0.1, 0.15) is 12.3 Å². The third kappa shape index (κ3) is 13.5. The first-order chi connectivity index (χ1) is 32.9. The predicted molar refractivity (Wildman–Crippen MR) is 263 cm³/mol. The number of anilines is 2. The molecule has 1 aliphatic heterocycles. The number of ether oxygens (including phenoxy) is 4. The van der Waals surface area contributed by atoms with Crippen LogP contribution in [-0.4, -0.2) is 118 Å². The summed E-state index contributed by atoms with van der Waals surface area (Å²) in [6, 6.07) is 32.3. The molecule has 0 spiro atoms. The Bertz CT molecular complexity index is 2750. The molecule has 1 aliphatic rings. The molecule has 5 aromatic carbocycles. The SMILES string of the molecule is COc1cc(C(=O)NCCOCCOCCOCCN2CC(=O)N(CCc3ccc(C)cc3Br)C(c3ccc4ccccc4c3)C2)ccc1NCC#Cc1cc2c(N)cccc2n1CC(F)(F)F. The van der Waals surface area contributed by atoms with Crippen LogP contribution in [0.3, 0.4) is 0 Å². The van der Waals surface area contributed by atoms with Gasteiger partial charge in [0.05, 0.1) is 82.8 Å². The third-order valence-corrected chi connectivity index (χ3v) is 12.4. The highest BCUT2D eigenvalue weighted by Crippen LogP contribution is 2.31. The van der Waals surface area contributed by atoms with E-state index in [0.29, 0.717) is 92.8 Å². The minimum atomic E-state index is -4.44. The molecule has 1 unspecified atom stereocenters. The van der Waals surface area contributed by atoms with Crippen LogP contribution in [-0.2, 0) is 32.0 Å². The number of fused-ring (bicyclic) bond motifs is 2. The Morgan fingerprint density at radius 3 is 2.40 bits per heavy atom. The van der Waals surface area contributed by atoms with Gasteiger partial charge in [0.25, 0.3) is 5.91 Å². The highest BCUT2D eigenvalue weighted by Gasteiger charge is 2.34. The molecule has 2 amide bonds. The number of nitrogen functional groups attached to an aromatic ring is 1. The lowest BCUT2D eigenvalue weighted by atomic mass is 9.97. The highest BCUT2D eigenvalue weighted by atomic mass is 79.9. The summed E-state index contributed by atoms with van der Waals surface area (Å²) in [7, 11) is 1.47. The molecule has 358 valence electrons. The quantitative estimate of drug-likeness (QED) is 0.0370. The number of nitrogens with one attached hydrogen (secondary N) is 2. The lowest BCUT2D eigenvalue weighted by molar-refractivity contribution is -0.141. The van der Waals surface area contributed by atoms with Crippen molar-refractivity contribution < 1.29 is 41.7 Å². The monoisotopic (exact) mass is 996 g/mol. The number of carbonyl (C=O) groups excluding carboxylic acids is 2. The molecular formula is C52H56BrF3N6O6. The van der Waals surface area contributed by atoms with E-state index in [-0.39, 0.29) is 43.2 Å². The number of hydrogen-bond donors (Lipinski definition) is 3. The molecule has 1 aromatic heterocycles. The van der Waals surface area contributed by atoms with E-state index in [2.05, 4.69) is 98.8 Å². The van der Waals surface area contributed by atoms with Crippen molar-refractivity contribution in [2.75, 3.05) is 97.1 Å². The van der Waals surface area contributed by atoms with Crippen LogP contribution in [0.2, 0.25) is 0 Å². The van der Waals surface area contributed by atoms with Gasteiger partial charge >= 0.3 is 6.18 Å². The van der Waals surface area contributed by atoms with Crippen LogP contribution in [0.1, 0.15) is 38.8 Å². The van der Waals surface area contributed by atoms with Gasteiger partial charge in [-0.25, -0.2) is 0 Å². The molecule has 4 N–H and O–H groups in total. The van der Waals surface area contributed by atoms with Crippen LogP contribution in [0.15, 0.2) is 108 Å². The molecular weight excluding hydrogens is 942 g/mol. The molecule has 6 aromatic rings. The fraction of sp³-hybridized carbons (Fsp3) is 0.346. The van der Waals surface area contributed by atoms with Crippen molar-refractivity contribution in [1.29, 1.82) is 0 Å². The molecule has 12 nitrogen and oxygen atoms in total. The van der Waals surface area contributed by atoms with E-state index in [1.807, 2.05) is 17.0 Å². The summed E-state index contributed by atoms with van der Waals surface area (Å²) in [5.74, 6) is 5.89. The first kappa shape index (κ1) is 49.8. The number of benzene rings is 5. The van der Waals surface area contributed by atoms with Crippen molar-refractivity contribution in [2.24, 2.45) is 0 Å². The average molecular weight is 998 g/mol. The van der Waals surface area contributed by atoms with Gasteiger partial charge < -0.3 is 44.8 Å². The lowest BCUT2D eigenvalue weighted by Gasteiger charge is -2.41. The standard InChI is InChI=1S/C52H56BrF3N6O6/c1-36-12-13-38(44(53)29-36)18-21-61-48(40-15-14-37-7-3-4-8-39(37)30-40)33-60(34-50(61)63)22-24-67-26-28-68-27-25-66-23-20-59-51(64)41-16-17-46(49(31-41)65-2)58-19-6-9-42-32-43-45(57)10-5-11-47(43)62(42)35-52(54,55)56/h3-5,7-8,10-17,29-32,48,58H,18-28,33-35,57H2,1-2H3,(H,59,64). The summed E-state index contributed by atoms with van der Waals surface area (Å²) < 4.78 is 65.0. The summed E-state index contributed by atoms with van der Waals surface area (Å²) in [6.45, 7) is 5.79. The first-order valence-electron chi connectivity index (χ1n) is 22.5. The second-order valence-electron chi connectivity index (χ2n) is 16.5. The number of nitrogens with zero attached hydrogens (tertiary/aromatic N) is 3. The number of amides is 2. The number of nitrogens with two attached hydrogens (primary N) is 1. The van der Waals surface area contributed by atoms with Crippen molar-refractivity contribution in [2.45, 2.75) is 32.1 Å². The molecule has 7 rings (SSSR count). The number of alkyl halides is 3. The summed E-state index contributed by atoms with van der Waals surface area (Å²) in [4.78, 5) is 30.8. The van der Waals surface area contributed by atoms with Crippen molar-refractivity contribution in [3.05, 3.63) is 136 Å². The van der Waals surface area contributed by atoms with Crippen LogP contribution >= 0.6 is 15.9 Å². The van der Waals surface area contributed by atoms with Gasteiger partial charge in [-0.2, -0.15) is 13.2 Å². The normalized spacial score (nSPS) is 14.3. The van der Waals surface area contributed by atoms with Gasteiger partial charge in [0, 0.05) is 47.3 Å². The summed E-state index contributed by atoms with van der Waals surface area (Å²) in [5, 5.41) is 8.75. The maximum Gasteiger partial charge on any atom is 0.406 e. The van der Waals surface area contributed by atoms with Crippen LogP contribution in [0.4, 0.5) is 24.5 Å². The zero-order valence-corrected chi connectivity index (χ0v) is 39.8. The highest BCUT2D eigenvalue weighted by molar-refractivity contribution is 9.10. The van der Waals surface area contributed by atoms with E-state index < -0.39 is 12.7 Å². The molecule has 0 saturated carbocycles. The zero-order chi connectivity index (χ0) is 48.0. The number of aromatic nitrogens is 1. The maximum absolute atomic E-state index is 13.7. The Labute approximate surface area is 403 Å². The van der Waals surface area contributed by atoms with Crippen LogP contribution in [0, 0.1) is 18.8 Å². The van der Waals surface area contributed by atoms with E-state index in [1.54, 1.807) is 42.5 Å². The van der Waals surface area contributed by atoms with E-state index in [0.717, 1.165) is 26.4 Å². The van der Waals surface area contributed by atoms with Crippen LogP contribution < -0.4 is 21.1 Å². The Morgan fingerprint density at radius 1 is 0.868 bits per heavy atom. The smallest absolute Gasteiger partial charge is 0.406 e. The number of carbonyl (C=O) groups is 2. The van der Waals surface area contributed by atoms with Gasteiger partial charge in [-0.3, -0.25) is 14.5 Å². The minimum absolute atomic E-state index is 0.0873. The number of piperazine rings is 1. The molecule has 0 radical (unpaired) electrons. The summed E-state index contributed by atoms with van der Waals surface area (Å²) in [6.07, 6.45) is -3.68. The Morgan fingerprint density at radius 2 is 1.63 bits per heavy atom. The molecule has 0 bridgehead atoms. The van der Waals surface area contributed by atoms with Crippen LogP contribution in [0.25, 0.3) is 21.7 Å². The van der Waals surface area contributed by atoms with Crippen molar-refractivity contribution >= 4 is 60.8 Å². The molecule has 2 heterocycles. The Balaban J connectivity index is 0.779. The van der Waals surface area contributed by atoms with Gasteiger partial charge in [0.2, 0.25) is 5.91 Å². The average Bonchev–Trinajstić information content (AvgIpc) is 3.66. The lowest BCUT2D eigenvalue weighted by Crippen LogP contribution is -2.53. The summed E-state index contributed by atoms with van der Waals surface area (Å²) >= 11 is 3.71. The third-order valence-electron chi connectivity index (χ3n) is 11.7. The number of rotatable bonds is 21. The zero-order valence-electron chi connectivity index (χ0n) is 38.2. The summed E-state index contributed by atoms with van der Waals surface area (Å²) in [5.41, 5.74) is 11.3. The second-order valence-corrected chi connectivity index (χ2v) is 17.3. The van der Waals surface area contributed by atoms with Crippen molar-refractivity contribution in [3.63, 3.8) is 0 Å². The fourth-order valence-corrected chi connectivity index (χ4v) is 8.89. The van der Waals surface area contributed by atoms with Crippen molar-refractivity contribution in [3.8, 4) is 17.6 Å². The first-order valence-corrected chi connectivity index (χ1v) is 23.3. The van der Waals surface area contributed by atoms with E-state index >= 15 is 0 Å².